The number of carboxylic acids is 1. The van der Waals surface area contributed by atoms with Crippen LogP contribution in [0, 0.1) is 0 Å². The molecule has 0 aromatic carbocycles. The number of amides is 1. The van der Waals surface area contributed by atoms with Crippen LogP contribution in [0.2, 0.25) is 0 Å². The van der Waals surface area contributed by atoms with Gasteiger partial charge in [0.1, 0.15) is 5.60 Å². The van der Waals surface area contributed by atoms with Gasteiger partial charge in [0.2, 0.25) is 11.4 Å². The van der Waals surface area contributed by atoms with Gasteiger partial charge in [0.05, 0.1) is 0 Å². The summed E-state index contributed by atoms with van der Waals surface area (Å²) in [6.07, 6.45) is -0.700. The number of primary amides is 1. The second-order valence-corrected chi connectivity index (χ2v) is 4.74. The fraction of sp³-hybridized carbons (Fsp3) is 0.700. The van der Waals surface area contributed by atoms with Gasteiger partial charge in [0.25, 0.3) is 0 Å². The quantitative estimate of drug-likeness (QED) is 0.437. The molecular weight excluding hydrogens is 228 g/mol. The third-order valence-electron chi connectivity index (χ3n) is 1.91. The van der Waals surface area contributed by atoms with Crippen LogP contribution in [-0.2, 0) is 19.1 Å². The predicted octanol–water partition coefficient (Wildman–Crippen LogP) is -0.624. The lowest BCUT2D eigenvalue weighted by atomic mass is 9.94. The first kappa shape index (κ1) is 15.4. The van der Waals surface area contributed by atoms with Crippen LogP contribution in [0.4, 0.5) is 0 Å². The summed E-state index contributed by atoms with van der Waals surface area (Å²) in [5.41, 5.74) is 7.24. The molecule has 1 unspecified atom stereocenters. The lowest BCUT2D eigenvalue weighted by molar-refractivity contribution is -0.169. The Morgan fingerprint density at radius 3 is 2.00 bits per heavy atom. The number of carbonyl (C=O) groups is 3. The van der Waals surface area contributed by atoms with Crippen LogP contribution < -0.4 is 11.5 Å². The highest BCUT2D eigenvalue weighted by molar-refractivity contribution is 6.04. The molecular formula is C10H18N2O5. The van der Waals surface area contributed by atoms with Crippen molar-refractivity contribution in [3.8, 4) is 0 Å². The van der Waals surface area contributed by atoms with Gasteiger partial charge in [-0.1, -0.05) is 0 Å². The molecule has 0 spiro atoms. The van der Waals surface area contributed by atoms with Gasteiger partial charge in [-0.05, 0) is 27.2 Å². The van der Waals surface area contributed by atoms with Gasteiger partial charge >= 0.3 is 11.9 Å². The highest BCUT2D eigenvalue weighted by atomic mass is 16.6. The largest absolute Gasteiger partial charge is 0.479 e. The van der Waals surface area contributed by atoms with Gasteiger partial charge in [-0.2, -0.15) is 0 Å². The Labute approximate surface area is 99.1 Å². The molecule has 0 aliphatic rings. The van der Waals surface area contributed by atoms with E-state index in [1.807, 2.05) is 0 Å². The number of nitrogens with two attached hydrogens (primary N) is 2. The van der Waals surface area contributed by atoms with E-state index in [-0.39, 0.29) is 6.42 Å². The third kappa shape index (κ3) is 4.81. The van der Waals surface area contributed by atoms with Gasteiger partial charge in [-0.3, -0.25) is 4.79 Å². The van der Waals surface area contributed by atoms with Crippen molar-refractivity contribution >= 4 is 17.8 Å². The highest BCUT2D eigenvalue weighted by Gasteiger charge is 2.45. The maximum absolute atomic E-state index is 11.7. The van der Waals surface area contributed by atoms with Gasteiger partial charge in [0.15, 0.2) is 0 Å². The first-order valence-corrected chi connectivity index (χ1v) is 5.03. The Morgan fingerprint density at radius 2 is 1.71 bits per heavy atom. The second kappa shape index (κ2) is 5.13. The molecule has 0 aliphatic carbocycles. The summed E-state index contributed by atoms with van der Waals surface area (Å²) < 4.78 is 4.90. The van der Waals surface area contributed by atoms with E-state index in [0.29, 0.717) is 0 Å². The van der Waals surface area contributed by atoms with Crippen LogP contribution in [0.3, 0.4) is 0 Å². The van der Waals surface area contributed by atoms with Crippen LogP contribution in [0.1, 0.15) is 33.6 Å². The molecule has 17 heavy (non-hydrogen) atoms. The summed E-state index contributed by atoms with van der Waals surface area (Å²) in [5.74, 6) is -3.36. The van der Waals surface area contributed by atoms with Gasteiger partial charge in [0, 0.05) is 6.42 Å². The lowest BCUT2D eigenvalue weighted by Crippen LogP contribution is -2.57. The van der Waals surface area contributed by atoms with E-state index in [0.717, 1.165) is 0 Å². The van der Waals surface area contributed by atoms with E-state index in [4.69, 9.17) is 21.3 Å². The van der Waals surface area contributed by atoms with E-state index < -0.39 is 35.4 Å². The molecule has 1 amide bonds. The summed E-state index contributed by atoms with van der Waals surface area (Å²) in [6, 6.07) is 0. The van der Waals surface area contributed by atoms with Crippen LogP contribution in [0.25, 0.3) is 0 Å². The van der Waals surface area contributed by atoms with Crippen molar-refractivity contribution in [2.24, 2.45) is 11.5 Å². The minimum absolute atomic E-state index is 0.304. The topological polar surface area (TPSA) is 133 Å². The van der Waals surface area contributed by atoms with Crippen molar-refractivity contribution < 1.29 is 24.2 Å². The van der Waals surface area contributed by atoms with Crippen molar-refractivity contribution in [3.63, 3.8) is 0 Å². The summed E-state index contributed by atoms with van der Waals surface area (Å²) in [6.45, 7) is 4.75. The van der Waals surface area contributed by atoms with Crippen molar-refractivity contribution in [1.82, 2.24) is 0 Å². The molecule has 0 aliphatic heterocycles. The van der Waals surface area contributed by atoms with E-state index in [1.54, 1.807) is 20.8 Å². The van der Waals surface area contributed by atoms with E-state index in [1.165, 1.54) is 0 Å². The van der Waals surface area contributed by atoms with Gasteiger partial charge in [-0.15, -0.1) is 0 Å². The van der Waals surface area contributed by atoms with Gasteiger partial charge in [-0.25, -0.2) is 9.59 Å². The zero-order valence-corrected chi connectivity index (χ0v) is 10.1. The van der Waals surface area contributed by atoms with E-state index in [2.05, 4.69) is 0 Å². The minimum Gasteiger partial charge on any atom is -0.479 e. The summed E-state index contributed by atoms with van der Waals surface area (Å²) in [7, 11) is 0. The molecule has 0 aromatic heterocycles. The van der Waals surface area contributed by atoms with Crippen LogP contribution in [0.5, 0.6) is 0 Å². The summed E-state index contributed by atoms with van der Waals surface area (Å²) in [5, 5.41) is 8.93. The zero-order chi connectivity index (χ0) is 13.9. The number of hydrogen-bond donors (Lipinski definition) is 3. The zero-order valence-electron chi connectivity index (χ0n) is 10.1. The number of hydrogen-bond acceptors (Lipinski definition) is 5. The van der Waals surface area contributed by atoms with Crippen LogP contribution in [0.15, 0.2) is 0 Å². The number of carboxylic acid groups (broad SMARTS) is 1. The Kier molecular flexibility index (Phi) is 4.64. The maximum atomic E-state index is 11.7. The number of carbonyl (C=O) groups excluding carboxylic acids is 2. The average Bonchev–Trinajstić information content (AvgIpc) is 2.10. The predicted molar refractivity (Wildman–Crippen MR) is 58.8 cm³/mol. The van der Waals surface area contributed by atoms with Crippen LogP contribution in [-0.4, -0.2) is 34.1 Å². The molecule has 0 radical (unpaired) electrons. The number of rotatable bonds is 5. The molecule has 0 heterocycles. The molecule has 0 saturated heterocycles. The molecule has 0 fully saturated rings. The Morgan fingerprint density at radius 1 is 1.24 bits per heavy atom. The minimum atomic E-state index is -2.25. The first-order valence-electron chi connectivity index (χ1n) is 5.03. The molecule has 1 atom stereocenters. The molecule has 0 bridgehead atoms. The summed E-state index contributed by atoms with van der Waals surface area (Å²) >= 11 is 0. The SMILES string of the molecule is CC(C)(C)OC(=O)C(N)(CCC(N)=O)C(=O)O. The number of aliphatic carboxylic acids is 1. The van der Waals surface area contributed by atoms with E-state index >= 15 is 0 Å². The lowest BCUT2D eigenvalue weighted by Gasteiger charge is -2.27. The fourth-order valence-electron chi connectivity index (χ4n) is 0.986. The molecule has 7 heteroatoms. The van der Waals surface area contributed by atoms with Crippen molar-refractivity contribution in [1.29, 1.82) is 0 Å². The highest BCUT2D eigenvalue weighted by Crippen LogP contribution is 2.17. The monoisotopic (exact) mass is 246 g/mol. The maximum Gasteiger partial charge on any atom is 0.338 e. The van der Waals surface area contributed by atoms with Crippen molar-refractivity contribution in [3.05, 3.63) is 0 Å². The number of esters is 1. The van der Waals surface area contributed by atoms with Crippen LogP contribution >= 0.6 is 0 Å². The van der Waals surface area contributed by atoms with Crippen molar-refractivity contribution in [2.45, 2.75) is 44.8 Å². The molecule has 7 nitrogen and oxygen atoms in total. The third-order valence-corrected chi connectivity index (χ3v) is 1.91. The van der Waals surface area contributed by atoms with Gasteiger partial charge < -0.3 is 21.3 Å². The average molecular weight is 246 g/mol. The molecule has 0 aromatic rings. The second-order valence-electron chi connectivity index (χ2n) is 4.74. The smallest absolute Gasteiger partial charge is 0.338 e. The Bertz CT molecular complexity index is 334. The molecule has 0 rings (SSSR count). The standard InChI is InChI=1S/C10H18N2O5/c1-9(2,3)17-8(16)10(12,7(14)15)5-4-6(11)13/h4-5,12H2,1-3H3,(H2,11,13)(H,14,15). The van der Waals surface area contributed by atoms with Crippen molar-refractivity contribution in [2.75, 3.05) is 0 Å². The first-order chi connectivity index (χ1) is 7.49. The molecule has 98 valence electrons. The number of ether oxygens (including phenoxy) is 1. The van der Waals surface area contributed by atoms with E-state index in [9.17, 15) is 14.4 Å². The fourth-order valence-corrected chi connectivity index (χ4v) is 0.986. The summed E-state index contributed by atoms with van der Waals surface area (Å²) in [4.78, 5) is 33.2. The Balaban J connectivity index is 4.88. The molecule has 0 saturated carbocycles. The molecule has 5 N–H and O–H groups in total. The Hall–Kier alpha value is -1.63. The normalized spacial score (nSPS) is 14.8.